The molecule has 0 unspecified atom stereocenters. The number of nitrogens with one attached hydrogen (secondary N) is 1. The molecule has 0 aliphatic rings. The van der Waals surface area contributed by atoms with E-state index >= 15 is 0 Å². The summed E-state index contributed by atoms with van der Waals surface area (Å²) in [6, 6.07) is 28.7. The molecule has 0 aliphatic carbocycles. The molecule has 0 atom stereocenters. The van der Waals surface area contributed by atoms with Crippen LogP contribution in [0.15, 0.2) is 84.9 Å². The zero-order chi connectivity index (χ0) is 23.4. The van der Waals surface area contributed by atoms with Gasteiger partial charge >= 0.3 is 5.97 Å². The van der Waals surface area contributed by atoms with Gasteiger partial charge in [0.15, 0.2) is 0 Å². The summed E-state index contributed by atoms with van der Waals surface area (Å²) in [7, 11) is 1.68. The van der Waals surface area contributed by atoms with Crippen LogP contribution < -0.4 is 10.1 Å². The van der Waals surface area contributed by atoms with E-state index in [1.54, 1.807) is 21.0 Å². The molecule has 4 rings (SSSR count). The summed E-state index contributed by atoms with van der Waals surface area (Å²) in [6.07, 6.45) is 0. The lowest BCUT2D eigenvalue weighted by atomic mass is 9.83. The molecule has 4 heteroatoms. The normalized spacial score (nSPS) is 11.5. The molecule has 168 valence electrons. The number of carbonyl (C=O) groups is 1. The predicted octanol–water partition coefficient (Wildman–Crippen LogP) is 6.17. The minimum absolute atomic E-state index is 0.718. The van der Waals surface area contributed by atoms with Crippen LogP contribution in [0.3, 0.4) is 0 Å². The molecule has 4 nitrogen and oxygen atoms in total. The average Bonchev–Trinajstić information content (AvgIpc) is 2.83. The zero-order valence-electron chi connectivity index (χ0n) is 19.3. The van der Waals surface area contributed by atoms with Crippen LogP contribution in [0, 0.1) is 0 Å². The van der Waals surface area contributed by atoms with Crippen molar-refractivity contribution in [2.75, 3.05) is 7.11 Å². The summed E-state index contributed by atoms with van der Waals surface area (Å²) < 4.78 is 5.32. The Bertz CT molecular complexity index is 1290. The van der Waals surface area contributed by atoms with Crippen LogP contribution in [0.2, 0.25) is 0 Å². The molecule has 0 bridgehead atoms. The van der Waals surface area contributed by atoms with Crippen molar-refractivity contribution in [3.05, 3.63) is 102 Å². The van der Waals surface area contributed by atoms with Crippen molar-refractivity contribution in [1.29, 1.82) is 0 Å². The van der Waals surface area contributed by atoms with E-state index in [1.807, 2.05) is 48.5 Å². The largest absolute Gasteiger partial charge is 0.497 e. The molecule has 0 saturated carbocycles. The average molecular weight is 440 g/mol. The maximum absolute atomic E-state index is 11.8. The highest BCUT2D eigenvalue weighted by molar-refractivity contribution is 5.97. The molecule has 0 radical (unpaired) electrons. The van der Waals surface area contributed by atoms with Gasteiger partial charge in [-0.15, -0.1) is 0 Å². The van der Waals surface area contributed by atoms with Crippen LogP contribution in [0.4, 0.5) is 0 Å². The molecule has 0 aliphatic heterocycles. The second-order valence-corrected chi connectivity index (χ2v) is 8.83. The van der Waals surface area contributed by atoms with Crippen LogP contribution >= 0.6 is 0 Å². The molecule has 33 heavy (non-hydrogen) atoms. The van der Waals surface area contributed by atoms with Crippen LogP contribution in [-0.2, 0) is 23.3 Å². The molecule has 0 saturated heterocycles. The molecule has 0 heterocycles. The number of benzene rings is 4. The molecule has 0 fully saturated rings. The van der Waals surface area contributed by atoms with Crippen LogP contribution in [-0.4, -0.2) is 18.2 Å². The summed E-state index contributed by atoms with van der Waals surface area (Å²) in [5.74, 6) is 0.0199. The van der Waals surface area contributed by atoms with Gasteiger partial charge in [-0.3, -0.25) is 4.79 Å². The lowest BCUT2D eigenvalue weighted by Crippen LogP contribution is -2.28. The number of carboxylic acid groups (broad SMARTS) is 1. The lowest BCUT2D eigenvalue weighted by Gasteiger charge is -2.21. The maximum atomic E-state index is 11.8. The second kappa shape index (κ2) is 9.47. The number of rotatable bonds is 8. The summed E-state index contributed by atoms with van der Waals surface area (Å²) in [6.45, 7) is 4.94. The Morgan fingerprint density at radius 2 is 1.64 bits per heavy atom. The molecular weight excluding hydrogens is 410 g/mol. The Hall–Kier alpha value is -3.63. The summed E-state index contributed by atoms with van der Waals surface area (Å²) >= 11 is 0. The van der Waals surface area contributed by atoms with Gasteiger partial charge in [-0.05, 0) is 76.7 Å². The van der Waals surface area contributed by atoms with Crippen molar-refractivity contribution in [3.63, 3.8) is 0 Å². The molecule has 2 N–H and O–H groups in total. The number of aliphatic carboxylic acids is 1. The van der Waals surface area contributed by atoms with Crippen molar-refractivity contribution in [2.45, 2.75) is 32.4 Å². The SMILES string of the molecule is COc1cccc(CNCc2cc(-c3cccc(C(C)(C)C(=O)O)c3)c3ccccc3c2)c1. The Kier molecular flexibility index (Phi) is 6.47. The van der Waals surface area contributed by atoms with Crippen LogP contribution in [0.5, 0.6) is 5.75 Å². The van der Waals surface area contributed by atoms with Gasteiger partial charge in [0.2, 0.25) is 0 Å². The van der Waals surface area contributed by atoms with Gasteiger partial charge in [-0.2, -0.15) is 0 Å². The van der Waals surface area contributed by atoms with E-state index in [4.69, 9.17) is 4.74 Å². The molecule has 0 aromatic heterocycles. The minimum Gasteiger partial charge on any atom is -0.497 e. The number of methoxy groups -OCH3 is 1. The molecule has 0 spiro atoms. The van der Waals surface area contributed by atoms with Gasteiger partial charge in [-0.1, -0.05) is 60.7 Å². The van der Waals surface area contributed by atoms with Gasteiger partial charge in [0.25, 0.3) is 0 Å². The highest BCUT2D eigenvalue weighted by atomic mass is 16.5. The Morgan fingerprint density at radius 3 is 2.42 bits per heavy atom. The third kappa shape index (κ3) is 4.91. The minimum atomic E-state index is -0.957. The highest BCUT2D eigenvalue weighted by Gasteiger charge is 2.29. The Balaban J connectivity index is 1.66. The zero-order valence-corrected chi connectivity index (χ0v) is 19.3. The van der Waals surface area contributed by atoms with E-state index in [0.29, 0.717) is 0 Å². The van der Waals surface area contributed by atoms with E-state index in [-0.39, 0.29) is 0 Å². The van der Waals surface area contributed by atoms with Crippen molar-refractivity contribution >= 4 is 16.7 Å². The van der Waals surface area contributed by atoms with E-state index in [1.165, 1.54) is 11.1 Å². The monoisotopic (exact) mass is 439 g/mol. The number of fused-ring (bicyclic) bond motifs is 1. The van der Waals surface area contributed by atoms with E-state index < -0.39 is 11.4 Å². The number of hydrogen-bond donors (Lipinski definition) is 2. The first-order valence-electron chi connectivity index (χ1n) is 11.1. The van der Waals surface area contributed by atoms with E-state index in [0.717, 1.165) is 46.3 Å². The smallest absolute Gasteiger partial charge is 0.313 e. The number of carboxylic acids is 1. The standard InChI is InChI=1S/C29H29NO3/c1-29(2,28(31)32)24-11-7-10-23(17-24)27-16-21(14-22-9-4-5-13-26(22)27)19-30-18-20-8-6-12-25(15-20)33-3/h4-17,30H,18-19H2,1-3H3,(H,31,32). The van der Waals surface area contributed by atoms with Crippen molar-refractivity contribution in [1.82, 2.24) is 5.32 Å². The van der Waals surface area contributed by atoms with Crippen LogP contribution in [0.1, 0.15) is 30.5 Å². The van der Waals surface area contributed by atoms with Gasteiger partial charge in [0.05, 0.1) is 12.5 Å². The van der Waals surface area contributed by atoms with E-state index in [2.05, 4.69) is 41.7 Å². The fourth-order valence-corrected chi connectivity index (χ4v) is 4.05. The summed E-state index contributed by atoms with van der Waals surface area (Å²) in [4.78, 5) is 11.8. The Morgan fingerprint density at radius 1 is 0.879 bits per heavy atom. The van der Waals surface area contributed by atoms with Gasteiger partial charge < -0.3 is 15.2 Å². The lowest BCUT2D eigenvalue weighted by molar-refractivity contribution is -0.142. The quantitative estimate of drug-likeness (QED) is 0.345. The molecular formula is C29H29NO3. The molecule has 0 amide bonds. The highest BCUT2D eigenvalue weighted by Crippen LogP contribution is 2.33. The number of hydrogen-bond acceptors (Lipinski definition) is 3. The van der Waals surface area contributed by atoms with Crippen molar-refractivity contribution in [3.8, 4) is 16.9 Å². The van der Waals surface area contributed by atoms with E-state index in [9.17, 15) is 9.90 Å². The summed E-state index contributed by atoms with van der Waals surface area (Å²) in [5.41, 5.74) is 4.30. The van der Waals surface area contributed by atoms with Gasteiger partial charge in [0, 0.05) is 13.1 Å². The van der Waals surface area contributed by atoms with Crippen molar-refractivity contribution < 1.29 is 14.6 Å². The third-order valence-corrected chi connectivity index (χ3v) is 6.14. The van der Waals surface area contributed by atoms with Crippen LogP contribution in [0.25, 0.3) is 21.9 Å². The molecule has 4 aromatic carbocycles. The maximum Gasteiger partial charge on any atom is 0.313 e. The fraction of sp³-hybridized carbons (Fsp3) is 0.207. The molecule has 4 aromatic rings. The predicted molar refractivity (Wildman–Crippen MR) is 134 cm³/mol. The third-order valence-electron chi connectivity index (χ3n) is 6.14. The Labute approximate surface area is 194 Å². The van der Waals surface area contributed by atoms with Gasteiger partial charge in [-0.25, -0.2) is 0 Å². The van der Waals surface area contributed by atoms with Gasteiger partial charge in [0.1, 0.15) is 5.75 Å². The fourth-order valence-electron chi connectivity index (χ4n) is 4.05. The first kappa shape index (κ1) is 22.6. The second-order valence-electron chi connectivity index (χ2n) is 8.83. The first-order valence-corrected chi connectivity index (χ1v) is 11.1. The summed E-state index contributed by atoms with van der Waals surface area (Å²) in [5, 5.41) is 15.5. The topological polar surface area (TPSA) is 58.6 Å². The van der Waals surface area contributed by atoms with Crippen molar-refractivity contribution in [2.24, 2.45) is 0 Å². The number of ether oxygens (including phenoxy) is 1. The first-order chi connectivity index (χ1) is 15.9.